The van der Waals surface area contributed by atoms with Gasteiger partial charge in [0.15, 0.2) is 0 Å². The third-order valence-corrected chi connectivity index (χ3v) is 3.08. The zero-order valence-electron chi connectivity index (χ0n) is 11.5. The lowest BCUT2D eigenvalue weighted by molar-refractivity contribution is 0.0956. The molecule has 1 fully saturated rings. The monoisotopic (exact) mass is 259 g/mol. The lowest BCUT2D eigenvalue weighted by Crippen LogP contribution is -2.35. The van der Waals surface area contributed by atoms with Crippen LogP contribution in [0.5, 0.6) is 0 Å². The highest BCUT2D eigenvalue weighted by Crippen LogP contribution is 2.29. The molecular weight excluding hydrogens is 241 g/mol. The van der Waals surface area contributed by atoms with Gasteiger partial charge in [-0.25, -0.2) is 0 Å². The highest BCUT2D eigenvalue weighted by atomic mass is 16.7. The van der Waals surface area contributed by atoms with E-state index in [9.17, 15) is 4.79 Å². The van der Waals surface area contributed by atoms with Crippen molar-refractivity contribution in [2.75, 3.05) is 6.54 Å². The average molecular weight is 259 g/mol. The summed E-state index contributed by atoms with van der Waals surface area (Å²) in [6.07, 6.45) is 0. The van der Waals surface area contributed by atoms with E-state index in [0.717, 1.165) is 5.46 Å². The fourth-order valence-electron chi connectivity index (χ4n) is 1.85. The van der Waals surface area contributed by atoms with E-state index in [4.69, 9.17) is 9.31 Å². The maximum atomic E-state index is 11.8. The van der Waals surface area contributed by atoms with Gasteiger partial charge in [0.1, 0.15) is 5.60 Å². The van der Waals surface area contributed by atoms with Crippen LogP contribution < -0.4 is 10.8 Å². The van der Waals surface area contributed by atoms with Gasteiger partial charge in [-0.3, -0.25) is 4.79 Å². The molecule has 100 valence electrons. The number of hydrogen-bond donors (Lipinski definition) is 1. The summed E-state index contributed by atoms with van der Waals surface area (Å²) >= 11 is 0. The quantitative estimate of drug-likeness (QED) is 0.836. The van der Waals surface area contributed by atoms with Crippen LogP contribution in [0, 0.1) is 0 Å². The predicted octanol–water partition coefficient (Wildman–Crippen LogP) is 1.47. The molecule has 0 unspecified atom stereocenters. The Morgan fingerprint density at radius 2 is 2.21 bits per heavy atom. The maximum absolute atomic E-state index is 11.8. The summed E-state index contributed by atoms with van der Waals surface area (Å²) in [4.78, 5) is 11.8. The summed E-state index contributed by atoms with van der Waals surface area (Å²) in [7, 11) is -0.503. The van der Waals surface area contributed by atoms with E-state index >= 15 is 0 Å². The second-order valence-corrected chi connectivity index (χ2v) is 4.99. The highest BCUT2D eigenvalue weighted by molar-refractivity contribution is 6.62. The van der Waals surface area contributed by atoms with Gasteiger partial charge in [0.25, 0.3) is 5.91 Å². The highest BCUT2D eigenvalue weighted by Gasteiger charge is 2.42. The van der Waals surface area contributed by atoms with Gasteiger partial charge in [-0.15, -0.1) is 0 Å². The van der Waals surface area contributed by atoms with E-state index in [0.29, 0.717) is 17.9 Å². The molecule has 2 rings (SSSR count). The Labute approximate surface area is 113 Å². The Morgan fingerprint density at radius 1 is 1.47 bits per heavy atom. The Bertz CT molecular complexity index is 513. The summed E-state index contributed by atoms with van der Waals surface area (Å²) in [6, 6.07) is 7.25. The van der Waals surface area contributed by atoms with Crippen molar-refractivity contribution < 1.29 is 14.1 Å². The van der Waals surface area contributed by atoms with Crippen molar-refractivity contribution in [1.29, 1.82) is 0 Å². The third kappa shape index (κ3) is 2.81. The first-order chi connectivity index (χ1) is 8.94. The van der Waals surface area contributed by atoms with Gasteiger partial charge >= 0.3 is 7.12 Å². The minimum atomic E-state index is -0.508. The molecule has 0 aromatic heterocycles. The smallest absolute Gasteiger partial charge is 0.534 e. The fraction of sp³-hybridized carbons (Fsp3) is 0.357. The van der Waals surface area contributed by atoms with Crippen molar-refractivity contribution in [3.63, 3.8) is 0 Å². The molecule has 1 heterocycles. The molecule has 1 amide bonds. The van der Waals surface area contributed by atoms with E-state index in [1.165, 1.54) is 0 Å². The van der Waals surface area contributed by atoms with Crippen LogP contribution in [0.3, 0.4) is 0 Å². The van der Waals surface area contributed by atoms with Gasteiger partial charge in [-0.1, -0.05) is 18.7 Å². The van der Waals surface area contributed by atoms with Crippen LogP contribution in [0.4, 0.5) is 0 Å². The molecule has 1 aliphatic heterocycles. The number of amides is 1. The number of benzene rings is 1. The summed E-state index contributed by atoms with van der Waals surface area (Å²) in [5.41, 5.74) is 0.907. The molecule has 1 N–H and O–H groups in total. The molecule has 5 heteroatoms. The van der Waals surface area contributed by atoms with Crippen molar-refractivity contribution in [3.8, 4) is 0 Å². The van der Waals surface area contributed by atoms with Gasteiger partial charge in [0.2, 0.25) is 0 Å². The van der Waals surface area contributed by atoms with Crippen LogP contribution in [0.1, 0.15) is 31.1 Å². The Morgan fingerprint density at radius 3 is 2.79 bits per heavy atom. The third-order valence-electron chi connectivity index (χ3n) is 3.08. The molecule has 0 spiro atoms. The maximum Gasteiger partial charge on any atom is 0.563 e. The molecule has 0 aliphatic carbocycles. The fourth-order valence-corrected chi connectivity index (χ4v) is 1.85. The lowest BCUT2D eigenvalue weighted by atomic mass is 9.78. The molecule has 1 aromatic carbocycles. The average Bonchev–Trinajstić information content (AvgIpc) is 2.64. The standard InChI is InChI=1S/C14H18BNO3/c1-5-16-13(17)11-7-6-8-12(9-11)15-18-10(2)14(3,4)19-15/h6-9H,2,5H2,1,3-4H3,(H,16,17). The lowest BCUT2D eigenvalue weighted by Gasteiger charge is -2.15. The normalized spacial score (nSPS) is 17.2. The zero-order valence-corrected chi connectivity index (χ0v) is 11.5. The molecule has 0 saturated carbocycles. The summed E-state index contributed by atoms with van der Waals surface area (Å²) in [6.45, 7) is 10.1. The Balaban J connectivity index is 2.21. The van der Waals surface area contributed by atoms with E-state index in [-0.39, 0.29) is 5.91 Å². The SMILES string of the molecule is C=C1OB(c2cccc(C(=O)NCC)c2)OC1(C)C. The van der Waals surface area contributed by atoms with E-state index in [2.05, 4.69) is 11.9 Å². The molecule has 1 saturated heterocycles. The second kappa shape index (κ2) is 5.09. The molecule has 1 aliphatic rings. The Kier molecular flexibility index (Phi) is 3.67. The van der Waals surface area contributed by atoms with E-state index < -0.39 is 12.7 Å². The van der Waals surface area contributed by atoms with Crippen molar-refractivity contribution in [1.82, 2.24) is 5.32 Å². The van der Waals surface area contributed by atoms with Crippen LogP contribution in [0.15, 0.2) is 36.6 Å². The summed E-state index contributed by atoms with van der Waals surface area (Å²) in [5.74, 6) is 0.501. The van der Waals surface area contributed by atoms with Gasteiger partial charge < -0.3 is 14.6 Å². The molecular formula is C14H18BNO3. The molecule has 19 heavy (non-hydrogen) atoms. The van der Waals surface area contributed by atoms with E-state index in [1.807, 2.05) is 32.9 Å². The van der Waals surface area contributed by atoms with Crippen molar-refractivity contribution in [2.24, 2.45) is 0 Å². The molecule has 0 bridgehead atoms. The zero-order chi connectivity index (χ0) is 14.0. The summed E-state index contributed by atoms with van der Waals surface area (Å²) < 4.78 is 11.4. The van der Waals surface area contributed by atoms with Crippen molar-refractivity contribution >= 4 is 18.5 Å². The summed E-state index contributed by atoms with van der Waals surface area (Å²) in [5, 5.41) is 2.77. The minimum absolute atomic E-state index is 0.0968. The number of carbonyl (C=O) groups excluding carboxylic acids is 1. The van der Waals surface area contributed by atoms with E-state index in [1.54, 1.807) is 12.1 Å². The number of carbonyl (C=O) groups is 1. The first-order valence-corrected chi connectivity index (χ1v) is 6.36. The van der Waals surface area contributed by atoms with Gasteiger partial charge in [-0.2, -0.15) is 0 Å². The first-order valence-electron chi connectivity index (χ1n) is 6.36. The van der Waals surface area contributed by atoms with Gasteiger partial charge in [0.05, 0.1) is 5.76 Å². The minimum Gasteiger partial charge on any atom is -0.534 e. The van der Waals surface area contributed by atoms with Crippen LogP contribution in [0.2, 0.25) is 0 Å². The van der Waals surface area contributed by atoms with Gasteiger partial charge in [0, 0.05) is 12.1 Å². The largest absolute Gasteiger partial charge is 0.563 e. The van der Waals surface area contributed by atoms with Crippen LogP contribution in [0.25, 0.3) is 0 Å². The second-order valence-electron chi connectivity index (χ2n) is 4.99. The Hall–Kier alpha value is -1.75. The van der Waals surface area contributed by atoms with Crippen LogP contribution >= 0.6 is 0 Å². The van der Waals surface area contributed by atoms with Crippen LogP contribution in [-0.2, 0) is 9.31 Å². The number of hydrogen-bond acceptors (Lipinski definition) is 3. The van der Waals surface area contributed by atoms with Crippen molar-refractivity contribution in [3.05, 3.63) is 42.2 Å². The topological polar surface area (TPSA) is 47.6 Å². The first kappa shape index (κ1) is 13.7. The molecule has 0 radical (unpaired) electrons. The number of rotatable bonds is 3. The van der Waals surface area contributed by atoms with Crippen molar-refractivity contribution in [2.45, 2.75) is 26.4 Å². The molecule has 0 atom stereocenters. The van der Waals surface area contributed by atoms with Gasteiger partial charge in [-0.05, 0) is 38.4 Å². The molecule has 4 nitrogen and oxygen atoms in total. The predicted molar refractivity (Wildman–Crippen MR) is 75.2 cm³/mol. The number of nitrogens with one attached hydrogen (secondary N) is 1. The van der Waals surface area contributed by atoms with Crippen LogP contribution in [-0.4, -0.2) is 25.2 Å². The molecule has 1 aromatic rings.